The molecular weight excluding hydrogens is 323 g/mol. The molecule has 5 nitrogen and oxygen atoms in total. The fraction of sp³-hybridized carbons (Fsp3) is 0.333. The van der Waals surface area contributed by atoms with Gasteiger partial charge in [-0.15, -0.1) is 24.8 Å². The Morgan fingerprint density at radius 1 is 1.32 bits per heavy atom. The summed E-state index contributed by atoms with van der Waals surface area (Å²) in [7, 11) is 0. The first-order valence-electron chi connectivity index (χ1n) is 6.84. The topological polar surface area (TPSA) is 59.0 Å². The molecule has 0 radical (unpaired) electrons. The first-order valence-corrected chi connectivity index (χ1v) is 6.84. The van der Waals surface area contributed by atoms with Gasteiger partial charge >= 0.3 is 0 Å². The van der Waals surface area contributed by atoms with E-state index in [1.165, 1.54) is 0 Å². The zero-order chi connectivity index (χ0) is 13.9. The third-order valence-corrected chi connectivity index (χ3v) is 3.87. The first kappa shape index (κ1) is 18.5. The van der Waals surface area contributed by atoms with E-state index in [1.54, 1.807) is 12.5 Å². The summed E-state index contributed by atoms with van der Waals surface area (Å²) in [6.07, 6.45) is 5.38. The van der Waals surface area contributed by atoms with Crippen LogP contribution in [0.5, 0.6) is 0 Å². The van der Waals surface area contributed by atoms with Crippen molar-refractivity contribution in [2.24, 2.45) is 11.8 Å². The number of carbonyl (C=O) groups excluding carboxylic acids is 1. The van der Waals surface area contributed by atoms with Gasteiger partial charge in [-0.1, -0.05) is 6.92 Å². The van der Waals surface area contributed by atoms with E-state index in [2.05, 4.69) is 15.6 Å². The van der Waals surface area contributed by atoms with E-state index in [4.69, 9.17) is 0 Å². The second-order valence-corrected chi connectivity index (χ2v) is 5.21. The van der Waals surface area contributed by atoms with Gasteiger partial charge in [-0.3, -0.25) is 4.79 Å². The summed E-state index contributed by atoms with van der Waals surface area (Å²) in [6, 6.07) is 7.76. The maximum atomic E-state index is 12.1. The van der Waals surface area contributed by atoms with Crippen molar-refractivity contribution in [1.29, 1.82) is 0 Å². The molecule has 0 bridgehead atoms. The number of aromatic nitrogens is 2. The Balaban J connectivity index is 0.00000121. The van der Waals surface area contributed by atoms with Crippen molar-refractivity contribution in [3.63, 3.8) is 0 Å². The van der Waals surface area contributed by atoms with Crippen LogP contribution in [0, 0.1) is 11.8 Å². The van der Waals surface area contributed by atoms with Gasteiger partial charge in [-0.25, -0.2) is 4.98 Å². The average Bonchev–Trinajstić information content (AvgIpc) is 2.91. The Morgan fingerprint density at radius 2 is 2.00 bits per heavy atom. The summed E-state index contributed by atoms with van der Waals surface area (Å²) < 4.78 is 1.92. The number of amides is 1. The van der Waals surface area contributed by atoms with Gasteiger partial charge in [0.25, 0.3) is 0 Å². The molecule has 2 N–H and O–H groups in total. The minimum atomic E-state index is 0. The maximum Gasteiger partial charge on any atom is 0.227 e. The summed E-state index contributed by atoms with van der Waals surface area (Å²) in [6.45, 7) is 3.86. The predicted molar refractivity (Wildman–Crippen MR) is 92.2 cm³/mol. The number of nitrogens with one attached hydrogen (secondary N) is 2. The van der Waals surface area contributed by atoms with E-state index in [9.17, 15) is 4.79 Å². The average molecular weight is 343 g/mol. The van der Waals surface area contributed by atoms with Crippen LogP contribution in [0.2, 0.25) is 0 Å². The molecule has 1 atom stereocenters. The molecule has 1 fully saturated rings. The summed E-state index contributed by atoms with van der Waals surface area (Å²) in [5.74, 6) is 0.594. The molecule has 3 rings (SSSR count). The van der Waals surface area contributed by atoms with Crippen LogP contribution >= 0.6 is 24.8 Å². The number of nitrogens with zero attached hydrogens (tertiary/aromatic N) is 2. The molecule has 0 spiro atoms. The lowest BCUT2D eigenvalue weighted by molar-refractivity contribution is -0.121. The number of anilines is 1. The molecule has 22 heavy (non-hydrogen) atoms. The van der Waals surface area contributed by atoms with E-state index in [0.717, 1.165) is 24.5 Å². The lowest BCUT2D eigenvalue weighted by Crippen LogP contribution is -2.48. The monoisotopic (exact) mass is 342 g/mol. The van der Waals surface area contributed by atoms with Gasteiger partial charge in [-0.05, 0) is 43.3 Å². The molecule has 1 unspecified atom stereocenters. The number of imidazole rings is 1. The smallest absolute Gasteiger partial charge is 0.227 e. The second kappa shape index (κ2) is 8.17. The van der Waals surface area contributed by atoms with Crippen LogP contribution in [0.25, 0.3) is 5.69 Å². The minimum absolute atomic E-state index is 0. The summed E-state index contributed by atoms with van der Waals surface area (Å²) in [5.41, 5.74) is 1.86. The molecule has 1 aromatic carbocycles. The van der Waals surface area contributed by atoms with E-state index in [1.807, 2.05) is 42.0 Å². The summed E-state index contributed by atoms with van der Waals surface area (Å²) >= 11 is 0. The quantitative estimate of drug-likeness (QED) is 0.897. The van der Waals surface area contributed by atoms with Crippen molar-refractivity contribution < 1.29 is 4.79 Å². The highest BCUT2D eigenvalue weighted by molar-refractivity contribution is 5.92. The molecule has 120 valence electrons. The van der Waals surface area contributed by atoms with Gasteiger partial charge in [0.15, 0.2) is 0 Å². The van der Waals surface area contributed by atoms with Crippen molar-refractivity contribution in [2.75, 3.05) is 18.4 Å². The Kier molecular flexibility index (Phi) is 6.87. The summed E-state index contributed by atoms with van der Waals surface area (Å²) in [5, 5.41) is 6.17. The van der Waals surface area contributed by atoms with Crippen molar-refractivity contribution >= 4 is 36.4 Å². The molecule has 1 aliphatic rings. The molecule has 1 aliphatic heterocycles. The highest BCUT2D eigenvalue weighted by atomic mass is 35.5. The van der Waals surface area contributed by atoms with Crippen LogP contribution < -0.4 is 10.6 Å². The van der Waals surface area contributed by atoms with Gasteiger partial charge in [-0.2, -0.15) is 0 Å². The molecule has 1 saturated heterocycles. The first-order chi connectivity index (χ1) is 9.74. The predicted octanol–water partition coefficient (Wildman–Crippen LogP) is 2.51. The SMILES string of the molecule is CC(C(=O)Nc1ccc(-n2ccnc2)cc1)C1CNC1.Cl.Cl. The third kappa shape index (κ3) is 4.00. The van der Waals surface area contributed by atoms with Crippen LogP contribution in [-0.2, 0) is 4.79 Å². The van der Waals surface area contributed by atoms with E-state index >= 15 is 0 Å². The van der Waals surface area contributed by atoms with Crippen LogP contribution in [0.15, 0.2) is 43.0 Å². The Morgan fingerprint density at radius 3 is 2.50 bits per heavy atom. The van der Waals surface area contributed by atoms with E-state index < -0.39 is 0 Å². The normalized spacial score (nSPS) is 15.0. The van der Waals surface area contributed by atoms with Gasteiger partial charge in [0, 0.05) is 29.7 Å². The number of halogens is 2. The minimum Gasteiger partial charge on any atom is -0.326 e. The van der Waals surface area contributed by atoms with Gasteiger partial charge in [0.05, 0.1) is 6.33 Å². The molecular formula is C15H20Cl2N4O. The maximum absolute atomic E-state index is 12.1. The molecule has 1 aromatic heterocycles. The molecule has 0 saturated carbocycles. The van der Waals surface area contributed by atoms with Crippen LogP contribution in [0.1, 0.15) is 6.92 Å². The highest BCUT2D eigenvalue weighted by Gasteiger charge is 2.28. The zero-order valence-electron chi connectivity index (χ0n) is 12.2. The lowest BCUT2D eigenvalue weighted by Gasteiger charge is -2.31. The zero-order valence-corrected chi connectivity index (χ0v) is 13.9. The second-order valence-electron chi connectivity index (χ2n) is 5.21. The Hall–Kier alpha value is -1.56. The lowest BCUT2D eigenvalue weighted by atomic mass is 9.88. The van der Waals surface area contributed by atoms with Crippen molar-refractivity contribution in [3.8, 4) is 5.69 Å². The van der Waals surface area contributed by atoms with Crippen LogP contribution in [-0.4, -0.2) is 28.5 Å². The van der Waals surface area contributed by atoms with Gasteiger partial charge in [0.1, 0.15) is 0 Å². The van der Waals surface area contributed by atoms with E-state index in [-0.39, 0.29) is 36.6 Å². The van der Waals surface area contributed by atoms with Crippen LogP contribution in [0.3, 0.4) is 0 Å². The standard InChI is InChI=1S/C15H18N4O.2ClH/c1-11(12-8-17-9-12)15(20)18-13-2-4-14(5-3-13)19-7-6-16-10-19;;/h2-7,10-12,17H,8-9H2,1H3,(H,18,20);2*1H. The van der Waals surface area contributed by atoms with E-state index in [0.29, 0.717) is 5.92 Å². The number of hydrogen-bond acceptors (Lipinski definition) is 3. The van der Waals surface area contributed by atoms with Gasteiger partial charge in [0.2, 0.25) is 5.91 Å². The Bertz CT molecular complexity index is 582. The molecule has 0 aliphatic carbocycles. The number of benzene rings is 1. The van der Waals surface area contributed by atoms with Crippen molar-refractivity contribution in [1.82, 2.24) is 14.9 Å². The third-order valence-electron chi connectivity index (χ3n) is 3.87. The fourth-order valence-electron chi connectivity index (χ4n) is 2.26. The Labute approximate surface area is 142 Å². The van der Waals surface area contributed by atoms with Crippen LogP contribution in [0.4, 0.5) is 5.69 Å². The van der Waals surface area contributed by atoms with Gasteiger partial charge < -0.3 is 15.2 Å². The fourth-order valence-corrected chi connectivity index (χ4v) is 2.26. The van der Waals surface area contributed by atoms with Crippen molar-refractivity contribution in [2.45, 2.75) is 6.92 Å². The molecule has 1 amide bonds. The number of carbonyl (C=O) groups is 1. The molecule has 2 heterocycles. The highest BCUT2D eigenvalue weighted by Crippen LogP contribution is 2.19. The molecule has 2 aromatic rings. The molecule has 7 heteroatoms. The summed E-state index contributed by atoms with van der Waals surface area (Å²) in [4.78, 5) is 16.1. The van der Waals surface area contributed by atoms with Crippen molar-refractivity contribution in [3.05, 3.63) is 43.0 Å². The number of rotatable bonds is 4. The number of hydrogen-bond donors (Lipinski definition) is 2. The largest absolute Gasteiger partial charge is 0.326 e.